The minimum atomic E-state index is 0.719. The lowest BCUT2D eigenvalue weighted by atomic mass is 10.0. The SMILES string of the molecule is Cc1cnc(NCCCC2CCOC2)nc1N(C)C. The van der Waals surface area contributed by atoms with Crippen LogP contribution in [0.1, 0.15) is 24.8 Å². The molecule has 1 aromatic heterocycles. The molecule has 1 aliphatic heterocycles. The summed E-state index contributed by atoms with van der Waals surface area (Å²) in [5, 5.41) is 3.30. The first-order valence-electron chi connectivity index (χ1n) is 6.99. The van der Waals surface area contributed by atoms with Crippen LogP contribution in [0.25, 0.3) is 0 Å². The molecule has 1 aliphatic rings. The Morgan fingerprint density at radius 2 is 2.32 bits per heavy atom. The molecule has 0 amide bonds. The van der Waals surface area contributed by atoms with Crippen LogP contribution in [0.5, 0.6) is 0 Å². The van der Waals surface area contributed by atoms with E-state index in [0.717, 1.165) is 49.4 Å². The number of hydrogen-bond acceptors (Lipinski definition) is 5. The molecule has 1 saturated heterocycles. The molecule has 106 valence electrons. The monoisotopic (exact) mass is 264 g/mol. The molecule has 2 heterocycles. The highest BCUT2D eigenvalue weighted by molar-refractivity contribution is 5.47. The first-order valence-corrected chi connectivity index (χ1v) is 6.99. The first kappa shape index (κ1) is 14.1. The maximum atomic E-state index is 5.38. The third-order valence-electron chi connectivity index (χ3n) is 3.46. The summed E-state index contributed by atoms with van der Waals surface area (Å²) in [6.45, 7) is 4.82. The largest absolute Gasteiger partial charge is 0.381 e. The van der Waals surface area contributed by atoms with E-state index in [9.17, 15) is 0 Å². The molecule has 0 spiro atoms. The van der Waals surface area contributed by atoms with Crippen LogP contribution in [-0.2, 0) is 4.74 Å². The van der Waals surface area contributed by atoms with Gasteiger partial charge >= 0.3 is 0 Å². The van der Waals surface area contributed by atoms with Gasteiger partial charge in [-0.25, -0.2) is 4.98 Å². The van der Waals surface area contributed by atoms with Gasteiger partial charge in [0.1, 0.15) is 5.82 Å². The van der Waals surface area contributed by atoms with Gasteiger partial charge in [0.25, 0.3) is 0 Å². The second-order valence-electron chi connectivity index (χ2n) is 5.39. The summed E-state index contributed by atoms with van der Waals surface area (Å²) in [4.78, 5) is 10.8. The van der Waals surface area contributed by atoms with Crippen LogP contribution in [0.3, 0.4) is 0 Å². The Bertz CT molecular complexity index is 402. The zero-order valence-electron chi connectivity index (χ0n) is 12.1. The minimum absolute atomic E-state index is 0.719. The lowest BCUT2D eigenvalue weighted by molar-refractivity contribution is 0.184. The summed E-state index contributed by atoms with van der Waals surface area (Å²) in [5.74, 6) is 2.44. The number of anilines is 2. The minimum Gasteiger partial charge on any atom is -0.381 e. The fourth-order valence-corrected chi connectivity index (χ4v) is 2.37. The van der Waals surface area contributed by atoms with Crippen LogP contribution < -0.4 is 10.2 Å². The lowest BCUT2D eigenvalue weighted by Gasteiger charge is -2.15. The highest BCUT2D eigenvalue weighted by atomic mass is 16.5. The van der Waals surface area contributed by atoms with Crippen molar-refractivity contribution in [3.05, 3.63) is 11.8 Å². The normalized spacial score (nSPS) is 18.6. The second-order valence-corrected chi connectivity index (χ2v) is 5.39. The van der Waals surface area contributed by atoms with E-state index < -0.39 is 0 Å². The van der Waals surface area contributed by atoms with Crippen molar-refractivity contribution in [3.8, 4) is 0 Å². The molecule has 1 fully saturated rings. The van der Waals surface area contributed by atoms with Gasteiger partial charge in [-0.15, -0.1) is 0 Å². The van der Waals surface area contributed by atoms with Gasteiger partial charge in [-0.3, -0.25) is 0 Å². The molecule has 0 aliphatic carbocycles. The third-order valence-corrected chi connectivity index (χ3v) is 3.46. The fraction of sp³-hybridized carbons (Fsp3) is 0.714. The van der Waals surface area contributed by atoms with Crippen molar-refractivity contribution in [2.45, 2.75) is 26.2 Å². The van der Waals surface area contributed by atoms with Gasteiger partial charge in [0.05, 0.1) is 0 Å². The Hall–Kier alpha value is -1.36. The van der Waals surface area contributed by atoms with E-state index >= 15 is 0 Å². The molecule has 0 radical (unpaired) electrons. The molecule has 19 heavy (non-hydrogen) atoms. The van der Waals surface area contributed by atoms with E-state index in [1.54, 1.807) is 0 Å². The zero-order chi connectivity index (χ0) is 13.7. The maximum absolute atomic E-state index is 5.38. The fourth-order valence-electron chi connectivity index (χ4n) is 2.37. The van der Waals surface area contributed by atoms with Crippen molar-refractivity contribution in [3.63, 3.8) is 0 Å². The lowest BCUT2D eigenvalue weighted by Crippen LogP contribution is -2.15. The van der Waals surface area contributed by atoms with Gasteiger partial charge in [0.2, 0.25) is 5.95 Å². The van der Waals surface area contributed by atoms with Gasteiger partial charge in [-0.2, -0.15) is 4.98 Å². The predicted octanol–water partition coefficient (Wildman–Crippen LogP) is 2.08. The Morgan fingerprint density at radius 1 is 1.47 bits per heavy atom. The number of aromatic nitrogens is 2. The first-order chi connectivity index (χ1) is 9.16. The number of nitrogens with one attached hydrogen (secondary N) is 1. The predicted molar refractivity (Wildman–Crippen MR) is 77.7 cm³/mol. The summed E-state index contributed by atoms with van der Waals surface area (Å²) < 4.78 is 5.38. The molecule has 0 aromatic carbocycles. The number of ether oxygens (including phenoxy) is 1. The van der Waals surface area contributed by atoms with Crippen molar-refractivity contribution in [2.24, 2.45) is 5.92 Å². The second kappa shape index (κ2) is 6.70. The number of nitrogens with zero attached hydrogens (tertiary/aromatic N) is 3. The summed E-state index contributed by atoms with van der Waals surface area (Å²) >= 11 is 0. The van der Waals surface area contributed by atoms with Crippen molar-refractivity contribution in [1.29, 1.82) is 0 Å². The highest BCUT2D eigenvalue weighted by Gasteiger charge is 2.14. The van der Waals surface area contributed by atoms with E-state index in [2.05, 4.69) is 15.3 Å². The molecule has 1 unspecified atom stereocenters. The van der Waals surface area contributed by atoms with Gasteiger partial charge < -0.3 is 15.0 Å². The summed E-state index contributed by atoms with van der Waals surface area (Å²) in [5.41, 5.74) is 1.10. The van der Waals surface area contributed by atoms with E-state index in [1.165, 1.54) is 12.8 Å². The number of hydrogen-bond donors (Lipinski definition) is 1. The van der Waals surface area contributed by atoms with Crippen LogP contribution in [0.2, 0.25) is 0 Å². The Morgan fingerprint density at radius 3 is 3.00 bits per heavy atom. The summed E-state index contributed by atoms with van der Waals surface area (Å²) in [7, 11) is 4.00. The third kappa shape index (κ3) is 4.06. The smallest absolute Gasteiger partial charge is 0.224 e. The van der Waals surface area contributed by atoms with Crippen LogP contribution in [0, 0.1) is 12.8 Å². The zero-order valence-corrected chi connectivity index (χ0v) is 12.1. The number of aryl methyl sites for hydroxylation is 1. The van der Waals surface area contributed by atoms with E-state index in [-0.39, 0.29) is 0 Å². The Balaban J connectivity index is 1.77. The highest BCUT2D eigenvalue weighted by Crippen LogP contribution is 2.18. The Kier molecular flexibility index (Phi) is 4.96. The Labute approximate surface area is 115 Å². The molecule has 1 atom stereocenters. The molecule has 5 heteroatoms. The summed E-state index contributed by atoms with van der Waals surface area (Å²) in [6.07, 6.45) is 5.45. The standard InChI is InChI=1S/C14H24N4O/c1-11-9-16-14(17-13(11)18(2)3)15-7-4-5-12-6-8-19-10-12/h9,12H,4-8,10H2,1-3H3,(H,15,16,17). The van der Waals surface area contributed by atoms with Crippen molar-refractivity contribution in [2.75, 3.05) is 44.1 Å². The number of rotatable bonds is 6. The van der Waals surface area contributed by atoms with Crippen LogP contribution in [0.15, 0.2) is 6.20 Å². The van der Waals surface area contributed by atoms with Gasteiger partial charge in [0.15, 0.2) is 0 Å². The van der Waals surface area contributed by atoms with E-state index in [4.69, 9.17) is 4.74 Å². The molecule has 0 saturated carbocycles. The molecule has 0 bridgehead atoms. The summed E-state index contributed by atoms with van der Waals surface area (Å²) in [6, 6.07) is 0. The van der Waals surface area contributed by atoms with Crippen LogP contribution in [-0.4, -0.2) is 43.8 Å². The topological polar surface area (TPSA) is 50.3 Å². The molecule has 2 rings (SSSR count). The van der Waals surface area contributed by atoms with Crippen LogP contribution >= 0.6 is 0 Å². The molecular weight excluding hydrogens is 240 g/mol. The maximum Gasteiger partial charge on any atom is 0.224 e. The molecule has 5 nitrogen and oxygen atoms in total. The van der Waals surface area contributed by atoms with Gasteiger partial charge in [-0.05, 0) is 32.1 Å². The van der Waals surface area contributed by atoms with Gasteiger partial charge in [-0.1, -0.05) is 0 Å². The average Bonchev–Trinajstić information content (AvgIpc) is 2.89. The van der Waals surface area contributed by atoms with E-state index in [0.29, 0.717) is 0 Å². The van der Waals surface area contributed by atoms with E-state index in [1.807, 2.05) is 32.1 Å². The average molecular weight is 264 g/mol. The van der Waals surface area contributed by atoms with Crippen LogP contribution in [0.4, 0.5) is 11.8 Å². The van der Waals surface area contributed by atoms with Crippen molar-refractivity contribution in [1.82, 2.24) is 9.97 Å². The molecule has 1 N–H and O–H groups in total. The van der Waals surface area contributed by atoms with Crippen molar-refractivity contribution >= 4 is 11.8 Å². The molecule has 1 aromatic rings. The van der Waals surface area contributed by atoms with Gasteiger partial charge in [0, 0.05) is 45.6 Å². The van der Waals surface area contributed by atoms with Crippen molar-refractivity contribution < 1.29 is 4.74 Å². The quantitative estimate of drug-likeness (QED) is 0.797. The molecular formula is C14H24N4O.